The van der Waals surface area contributed by atoms with E-state index in [1.807, 2.05) is 0 Å². The molecule has 1 aromatic rings. The molecule has 0 aromatic heterocycles. The van der Waals surface area contributed by atoms with Gasteiger partial charge in [0.15, 0.2) is 0 Å². The fraction of sp³-hybridized carbons (Fsp3) is 0.538. The van der Waals surface area contributed by atoms with Gasteiger partial charge in [0.2, 0.25) is 0 Å². The van der Waals surface area contributed by atoms with Crippen molar-refractivity contribution in [1.82, 2.24) is 0 Å². The van der Waals surface area contributed by atoms with E-state index in [4.69, 9.17) is 0 Å². The molecule has 0 saturated heterocycles. The molecule has 0 heterocycles. The van der Waals surface area contributed by atoms with Crippen LogP contribution in [0.2, 0.25) is 0 Å². The molecule has 0 N–H and O–H groups in total. The Bertz CT molecular complexity index is 250. The van der Waals surface area contributed by atoms with Crippen molar-refractivity contribution in [2.75, 3.05) is 18.0 Å². The van der Waals surface area contributed by atoms with E-state index in [9.17, 15) is 0 Å². The minimum absolute atomic E-state index is 0. The quantitative estimate of drug-likeness (QED) is 0.659. The molecular formula is C13H22LiN. The molecule has 0 atom stereocenters. The monoisotopic (exact) mass is 199 g/mol. The van der Waals surface area contributed by atoms with Gasteiger partial charge in [0.1, 0.15) is 0 Å². The van der Waals surface area contributed by atoms with Gasteiger partial charge in [0, 0.05) is 18.8 Å². The minimum atomic E-state index is 0. The van der Waals surface area contributed by atoms with E-state index in [2.05, 4.69) is 49.9 Å². The van der Waals surface area contributed by atoms with Crippen LogP contribution in [0.3, 0.4) is 0 Å². The van der Waals surface area contributed by atoms with E-state index in [0.29, 0.717) is 0 Å². The van der Waals surface area contributed by atoms with Crippen molar-refractivity contribution in [2.45, 2.75) is 33.6 Å². The fourth-order valence-electron chi connectivity index (χ4n) is 1.67. The van der Waals surface area contributed by atoms with Crippen LogP contribution in [0.25, 0.3) is 0 Å². The standard InChI is InChI=1S/C13H21N.Li.H/c1-4-10-14(11-5-2)13-8-6-12(3)7-9-13;;/h6-9H,4-5,10-11H2,1-3H3;;. The third kappa shape index (κ3) is 4.78. The van der Waals surface area contributed by atoms with Gasteiger partial charge in [0.05, 0.1) is 0 Å². The number of aryl methyl sites for hydroxylation is 1. The molecule has 0 aliphatic heterocycles. The van der Waals surface area contributed by atoms with Crippen molar-refractivity contribution >= 4 is 24.5 Å². The first kappa shape index (κ1) is 14.6. The Hall–Kier alpha value is -0.383. The number of hydrogen-bond donors (Lipinski definition) is 0. The summed E-state index contributed by atoms with van der Waals surface area (Å²) in [5, 5.41) is 0. The molecule has 0 spiro atoms. The average Bonchev–Trinajstić information content (AvgIpc) is 2.19. The predicted octanol–water partition coefficient (Wildman–Crippen LogP) is 2.97. The zero-order valence-electron chi connectivity index (χ0n) is 9.59. The Morgan fingerprint density at radius 1 is 0.933 bits per heavy atom. The van der Waals surface area contributed by atoms with E-state index in [1.54, 1.807) is 0 Å². The molecule has 0 bridgehead atoms. The van der Waals surface area contributed by atoms with Crippen molar-refractivity contribution in [3.8, 4) is 0 Å². The van der Waals surface area contributed by atoms with E-state index >= 15 is 0 Å². The van der Waals surface area contributed by atoms with Crippen LogP contribution in [0.4, 0.5) is 5.69 Å². The first-order valence-electron chi connectivity index (χ1n) is 5.59. The normalized spacial score (nSPS) is 9.53. The molecule has 0 aliphatic rings. The Labute approximate surface area is 106 Å². The summed E-state index contributed by atoms with van der Waals surface area (Å²) in [7, 11) is 0. The summed E-state index contributed by atoms with van der Waals surface area (Å²) in [4.78, 5) is 2.46. The molecule has 2 heteroatoms. The van der Waals surface area contributed by atoms with E-state index in [-0.39, 0.29) is 18.9 Å². The van der Waals surface area contributed by atoms with E-state index in [1.165, 1.54) is 24.1 Å². The molecule has 0 saturated carbocycles. The molecule has 80 valence electrons. The van der Waals surface area contributed by atoms with Crippen LogP contribution in [0, 0.1) is 6.92 Å². The molecule has 15 heavy (non-hydrogen) atoms. The molecule has 0 radical (unpaired) electrons. The third-order valence-electron chi connectivity index (χ3n) is 2.39. The molecule has 0 amide bonds. The van der Waals surface area contributed by atoms with Crippen molar-refractivity contribution in [1.29, 1.82) is 0 Å². The number of hydrogen-bond acceptors (Lipinski definition) is 1. The molecule has 1 rings (SSSR count). The van der Waals surface area contributed by atoms with Gasteiger partial charge in [-0.1, -0.05) is 31.5 Å². The predicted molar refractivity (Wildman–Crippen MR) is 71.1 cm³/mol. The second-order valence-corrected chi connectivity index (χ2v) is 3.82. The third-order valence-corrected chi connectivity index (χ3v) is 2.39. The molecular weight excluding hydrogens is 177 g/mol. The van der Waals surface area contributed by atoms with Crippen LogP contribution < -0.4 is 4.90 Å². The van der Waals surface area contributed by atoms with Crippen molar-refractivity contribution in [3.63, 3.8) is 0 Å². The molecule has 1 aromatic carbocycles. The number of nitrogens with zero attached hydrogens (tertiary/aromatic N) is 1. The average molecular weight is 199 g/mol. The van der Waals surface area contributed by atoms with Crippen LogP contribution in [0.15, 0.2) is 24.3 Å². The molecule has 1 nitrogen and oxygen atoms in total. The van der Waals surface area contributed by atoms with Gasteiger partial charge >= 0.3 is 18.9 Å². The summed E-state index contributed by atoms with van der Waals surface area (Å²) < 4.78 is 0. The summed E-state index contributed by atoms with van der Waals surface area (Å²) in [5.74, 6) is 0. The first-order chi connectivity index (χ1) is 6.77. The Morgan fingerprint density at radius 3 is 1.80 bits per heavy atom. The first-order valence-corrected chi connectivity index (χ1v) is 5.59. The maximum atomic E-state index is 2.46. The summed E-state index contributed by atoms with van der Waals surface area (Å²) in [6.45, 7) is 8.93. The van der Waals surface area contributed by atoms with Gasteiger partial charge in [-0.15, -0.1) is 0 Å². The Morgan fingerprint density at radius 2 is 1.40 bits per heavy atom. The van der Waals surface area contributed by atoms with Crippen LogP contribution >= 0.6 is 0 Å². The molecule has 0 aliphatic carbocycles. The zero-order chi connectivity index (χ0) is 10.4. The van der Waals surface area contributed by atoms with Crippen LogP contribution in [0.5, 0.6) is 0 Å². The SMILES string of the molecule is CCCN(CCC)c1ccc(C)cc1.[LiH]. The Kier molecular flexibility index (Phi) is 7.65. The summed E-state index contributed by atoms with van der Waals surface area (Å²) >= 11 is 0. The second kappa shape index (κ2) is 7.85. The zero-order valence-corrected chi connectivity index (χ0v) is 9.59. The van der Waals surface area contributed by atoms with E-state index < -0.39 is 0 Å². The number of benzene rings is 1. The summed E-state index contributed by atoms with van der Waals surface area (Å²) in [6.07, 6.45) is 2.43. The number of anilines is 1. The van der Waals surface area contributed by atoms with Crippen molar-refractivity contribution in [2.24, 2.45) is 0 Å². The Balaban J connectivity index is 0.00000196. The second-order valence-electron chi connectivity index (χ2n) is 3.82. The maximum absolute atomic E-state index is 2.46. The summed E-state index contributed by atoms with van der Waals surface area (Å²) in [6, 6.07) is 8.82. The van der Waals surface area contributed by atoms with Crippen LogP contribution in [0.1, 0.15) is 32.3 Å². The molecule has 0 fully saturated rings. The summed E-state index contributed by atoms with van der Waals surface area (Å²) in [5.41, 5.74) is 2.70. The van der Waals surface area contributed by atoms with Gasteiger partial charge < -0.3 is 4.90 Å². The van der Waals surface area contributed by atoms with Gasteiger partial charge in [-0.3, -0.25) is 0 Å². The van der Waals surface area contributed by atoms with Crippen molar-refractivity contribution in [3.05, 3.63) is 29.8 Å². The van der Waals surface area contributed by atoms with Crippen LogP contribution in [-0.2, 0) is 0 Å². The van der Waals surface area contributed by atoms with Gasteiger partial charge in [-0.2, -0.15) is 0 Å². The fourth-order valence-corrected chi connectivity index (χ4v) is 1.67. The number of rotatable bonds is 5. The molecule has 0 unspecified atom stereocenters. The van der Waals surface area contributed by atoms with E-state index in [0.717, 1.165) is 13.1 Å². The topological polar surface area (TPSA) is 3.24 Å². The van der Waals surface area contributed by atoms with Crippen molar-refractivity contribution < 1.29 is 0 Å². The van der Waals surface area contributed by atoms with Gasteiger partial charge in [-0.25, -0.2) is 0 Å². The van der Waals surface area contributed by atoms with Gasteiger partial charge in [-0.05, 0) is 31.9 Å². The van der Waals surface area contributed by atoms with Crippen LogP contribution in [-0.4, -0.2) is 32.0 Å². The van der Waals surface area contributed by atoms with Gasteiger partial charge in [0.25, 0.3) is 0 Å².